The molecule has 0 saturated carbocycles. The molecule has 9 nitrogen and oxygen atoms in total. The second-order valence-electron chi connectivity index (χ2n) is 15.3. The van der Waals surface area contributed by atoms with Crippen molar-refractivity contribution in [3.63, 3.8) is 0 Å². The first-order chi connectivity index (χ1) is 29.3. The van der Waals surface area contributed by atoms with Gasteiger partial charge in [0.15, 0.2) is 6.29 Å². The molecule has 0 atom stereocenters. The van der Waals surface area contributed by atoms with Gasteiger partial charge in [0.1, 0.15) is 0 Å². The van der Waals surface area contributed by atoms with Gasteiger partial charge in [-0.3, -0.25) is 24.3 Å². The van der Waals surface area contributed by atoms with E-state index in [0.717, 1.165) is 72.6 Å². The van der Waals surface area contributed by atoms with E-state index in [0.29, 0.717) is 25.3 Å². The summed E-state index contributed by atoms with van der Waals surface area (Å²) in [5, 5.41) is 10.2. The maximum atomic E-state index is 10.9. The molecule has 62 heavy (non-hydrogen) atoms. The van der Waals surface area contributed by atoms with Crippen molar-refractivity contribution in [2.45, 2.75) is 63.4 Å². The standard InChI is InChI=1S/C20H17BrN2.C14H15NO2.C7H8O3S.C6H6BrN.I3/c1-20(2)11-14-6-3-4-8-16(14)18(23-20)15-10-13-7-5-9-17(21)19(13)22-12-15;1-14(2)7-10-5-3-4-6-12(10)13(15-14)11(8-16)9-17;1-6-2-4-7(5-3-6)11(8,9)10;7-5-3-1-2-4-6(5)8;1-3-2/h3-10,12H,11H2,1-2H3;3-6,8-9,16H,7H2,1-2H3;2-5H,1H3,(H,8,9,10);1-4H,8H2;/q;;;;-1. The minimum atomic E-state index is -4.02. The van der Waals surface area contributed by atoms with Gasteiger partial charge in [-0.05, 0) is 127 Å². The quantitative estimate of drug-likeness (QED) is 0.0397. The van der Waals surface area contributed by atoms with Gasteiger partial charge in [-0.15, -0.1) is 0 Å². The molecule has 8 rings (SSSR count). The normalized spacial score (nSPS) is 14.5. The number of benzene rings is 5. The number of nitrogens with zero attached hydrogens (tertiary/aromatic N) is 3. The predicted molar refractivity (Wildman–Crippen MR) is 274 cm³/mol. The van der Waals surface area contributed by atoms with E-state index >= 15 is 0 Å². The van der Waals surface area contributed by atoms with Crippen LogP contribution in [0.15, 0.2) is 163 Å². The smallest absolute Gasteiger partial charge is 0.0458 e. The molecule has 15 heteroatoms. The summed E-state index contributed by atoms with van der Waals surface area (Å²) in [7, 11) is -4.02. The van der Waals surface area contributed by atoms with Crippen LogP contribution in [-0.2, 0) is 27.8 Å². The van der Waals surface area contributed by atoms with Gasteiger partial charge < -0.3 is 10.8 Å². The number of aliphatic hydroxyl groups is 1. The summed E-state index contributed by atoms with van der Waals surface area (Å²) in [6.45, 7) is 10.3. The number of halogens is 5. The number of hydrogen-bond acceptors (Lipinski definition) is 8. The molecule has 4 N–H and O–H groups in total. The molecule has 0 spiro atoms. The van der Waals surface area contributed by atoms with Crippen molar-refractivity contribution in [2.75, 3.05) is 5.73 Å². The third-order valence-corrected chi connectivity index (χ3v) is 11.5. The van der Waals surface area contributed by atoms with Crippen LogP contribution in [0.4, 0.5) is 5.69 Å². The Morgan fingerprint density at radius 2 is 1.31 bits per heavy atom. The average Bonchev–Trinajstić information content (AvgIpc) is 3.22. The fraction of sp³-hybridized carbons (Fsp3) is 0.191. The number of nitrogens with two attached hydrogens (primary N) is 1. The van der Waals surface area contributed by atoms with Crippen molar-refractivity contribution in [3.8, 4) is 0 Å². The minimum Gasteiger partial charge on any atom is -0.398 e. The van der Waals surface area contributed by atoms with Crippen LogP contribution in [0, 0.1) is 6.92 Å². The Bertz CT molecular complexity index is 2690. The first-order valence-corrected chi connectivity index (χ1v) is 34.5. The number of aldehydes is 1. The third-order valence-electron chi connectivity index (χ3n) is 9.32. The van der Waals surface area contributed by atoms with E-state index < -0.39 is 10.1 Å². The summed E-state index contributed by atoms with van der Waals surface area (Å²) in [5.41, 5.74) is 15.5. The van der Waals surface area contributed by atoms with Gasteiger partial charge in [-0.2, -0.15) is 8.42 Å². The number of aliphatic imine (C=N–C) groups is 2. The molecule has 0 amide bonds. The van der Waals surface area contributed by atoms with Gasteiger partial charge in [0.05, 0.1) is 44.7 Å². The van der Waals surface area contributed by atoms with E-state index in [1.54, 1.807) is 12.1 Å². The summed E-state index contributed by atoms with van der Waals surface area (Å²) in [4.78, 5) is 25.1. The SMILES string of the molecule is CC1(C)Cc2ccccc2C(C(C=O)=CO)=N1.CC1(C)Cc2ccccc2C(c2cnc3c(Br)cccc3c2)=N1.Cc1ccc(S(=O)(=O)O)cc1.I[I-]I.Nc1ccccc1Br. The van der Waals surface area contributed by atoms with Crippen LogP contribution in [0.2, 0.25) is 0 Å². The number of carbonyl (C=O) groups is 1. The van der Waals surface area contributed by atoms with E-state index in [9.17, 15) is 13.2 Å². The van der Waals surface area contributed by atoms with E-state index in [1.807, 2.05) is 87.6 Å². The number of rotatable bonds is 4. The maximum Gasteiger partial charge on any atom is 0.0458 e. The number of para-hydroxylation sites is 2. The molecule has 0 bridgehead atoms. The van der Waals surface area contributed by atoms with Crippen LogP contribution >= 0.6 is 69.1 Å². The fourth-order valence-corrected chi connectivity index (χ4v) is 7.82. The topological polar surface area (TPSA) is 155 Å². The van der Waals surface area contributed by atoms with E-state index in [1.165, 1.54) is 23.3 Å². The zero-order chi connectivity index (χ0) is 45.7. The van der Waals surface area contributed by atoms with Gasteiger partial charge >= 0.3 is 50.5 Å². The van der Waals surface area contributed by atoms with Gasteiger partial charge in [-0.25, -0.2) is 0 Å². The molecule has 326 valence electrons. The average molecular weight is 1320 g/mol. The molecule has 0 aliphatic carbocycles. The molecule has 6 aromatic rings. The fourth-order valence-electron chi connectivity index (χ4n) is 6.57. The van der Waals surface area contributed by atoms with Crippen molar-refractivity contribution in [3.05, 3.63) is 182 Å². The molecule has 3 heterocycles. The molecule has 0 unspecified atom stereocenters. The van der Waals surface area contributed by atoms with E-state index in [2.05, 4.69) is 129 Å². The van der Waals surface area contributed by atoms with Gasteiger partial charge in [-0.1, -0.05) is 90.5 Å². The summed E-state index contributed by atoms with van der Waals surface area (Å²) in [5.74, 6) is 0. The van der Waals surface area contributed by atoms with E-state index in [4.69, 9.17) is 20.4 Å². The second-order valence-corrected chi connectivity index (χ2v) is 34.7. The van der Waals surface area contributed by atoms with Gasteiger partial charge in [0.25, 0.3) is 10.1 Å². The number of fused-ring (bicyclic) bond motifs is 3. The number of allylic oxidation sites excluding steroid dienone is 1. The van der Waals surface area contributed by atoms with Crippen molar-refractivity contribution >= 4 is 114 Å². The van der Waals surface area contributed by atoms with Crippen LogP contribution in [0.1, 0.15) is 61.1 Å². The first kappa shape index (κ1) is 51.6. The molecule has 0 saturated heterocycles. The number of nitrogen functional groups attached to an aromatic ring is 1. The van der Waals surface area contributed by atoms with Crippen molar-refractivity contribution in [2.24, 2.45) is 9.98 Å². The molecule has 1 aromatic heterocycles. The number of aliphatic hydroxyl groups excluding tert-OH is 1. The summed E-state index contributed by atoms with van der Waals surface area (Å²) in [6.07, 6.45) is 5.20. The van der Waals surface area contributed by atoms with E-state index in [-0.39, 0.29) is 21.5 Å². The number of aromatic nitrogens is 1. The Balaban J connectivity index is 0.000000190. The molecule has 2 aliphatic heterocycles. The molecule has 2 aliphatic rings. The van der Waals surface area contributed by atoms with Gasteiger partial charge in [0, 0.05) is 42.9 Å². The number of carbonyl (C=O) groups excluding carboxylic acids is 1. The number of pyridine rings is 1. The van der Waals surface area contributed by atoms with Crippen molar-refractivity contribution < 1.29 is 36.1 Å². The Labute approximate surface area is 410 Å². The Morgan fingerprint density at radius 3 is 1.85 bits per heavy atom. The van der Waals surface area contributed by atoms with Crippen molar-refractivity contribution in [1.29, 1.82) is 0 Å². The largest absolute Gasteiger partial charge is 0.398 e. The van der Waals surface area contributed by atoms with Crippen molar-refractivity contribution in [1.82, 2.24) is 4.98 Å². The van der Waals surface area contributed by atoms with Crippen LogP contribution in [-0.4, -0.2) is 51.8 Å². The minimum absolute atomic E-state index is 0.0666. The summed E-state index contributed by atoms with van der Waals surface area (Å²) >= 11 is 12.1. The second kappa shape index (κ2) is 23.7. The van der Waals surface area contributed by atoms with Gasteiger partial charge in [0.2, 0.25) is 0 Å². The number of anilines is 1. The Morgan fingerprint density at radius 1 is 0.774 bits per heavy atom. The first-order valence-electron chi connectivity index (χ1n) is 18.9. The molecular weight excluding hydrogens is 1270 g/mol. The molecule has 0 fully saturated rings. The Kier molecular flexibility index (Phi) is 19.7. The summed E-state index contributed by atoms with van der Waals surface area (Å²) < 4.78 is 31.5. The number of hydrogen-bond donors (Lipinski definition) is 3. The third kappa shape index (κ3) is 15.0. The zero-order valence-corrected chi connectivity index (χ0v) is 45.0. The van der Waals surface area contributed by atoms with Crippen LogP contribution in [0.25, 0.3) is 10.9 Å². The Hall–Kier alpha value is -3.08. The predicted octanol–water partition coefficient (Wildman–Crippen LogP) is 9.67. The van der Waals surface area contributed by atoms with Crippen LogP contribution in [0.3, 0.4) is 0 Å². The molecular formula is C47H46Br2I3N4O5S-. The van der Waals surface area contributed by atoms with Crippen LogP contribution in [0.5, 0.6) is 0 Å². The maximum absolute atomic E-state index is 10.9. The monoisotopic (exact) mass is 1320 g/mol. The number of aryl methyl sites for hydroxylation is 1. The molecule has 5 aromatic carbocycles. The van der Waals surface area contributed by atoms with Crippen LogP contribution < -0.4 is 19.0 Å². The zero-order valence-electron chi connectivity index (χ0n) is 34.5. The molecule has 0 radical (unpaired) electrons. The summed E-state index contributed by atoms with van der Waals surface area (Å²) in [6, 6.07) is 38.3.